The van der Waals surface area contributed by atoms with Crippen molar-refractivity contribution < 1.29 is 5.11 Å². The lowest BCUT2D eigenvalue weighted by atomic mass is 9.62. The number of rotatable bonds is 2. The van der Waals surface area contributed by atoms with Crippen LogP contribution in [-0.4, -0.2) is 11.7 Å². The van der Waals surface area contributed by atoms with E-state index in [2.05, 4.69) is 52.8 Å². The van der Waals surface area contributed by atoms with Crippen molar-refractivity contribution in [2.75, 3.05) is 6.61 Å². The Morgan fingerprint density at radius 1 is 1.00 bits per heavy atom. The Balaban J connectivity index is 2.08. The fourth-order valence-corrected chi connectivity index (χ4v) is 4.02. The summed E-state index contributed by atoms with van der Waals surface area (Å²) in [5.74, 6) is 0.459. The quantitative estimate of drug-likeness (QED) is 0.850. The molecule has 2 unspecified atom stereocenters. The molecule has 1 aromatic rings. The molecule has 0 aromatic heterocycles. The van der Waals surface area contributed by atoms with E-state index in [0.717, 1.165) is 6.42 Å². The maximum atomic E-state index is 9.43. The highest BCUT2D eigenvalue weighted by molar-refractivity contribution is 5.47. The maximum Gasteiger partial charge on any atom is 0.0468 e. The number of benzene rings is 1. The summed E-state index contributed by atoms with van der Waals surface area (Å²) < 4.78 is 0. The Hall–Kier alpha value is -0.820. The van der Waals surface area contributed by atoms with Crippen LogP contribution in [0, 0.1) is 5.92 Å². The van der Waals surface area contributed by atoms with E-state index in [1.165, 1.54) is 29.5 Å². The molecule has 1 nitrogen and oxygen atoms in total. The Labute approximate surface area is 123 Å². The van der Waals surface area contributed by atoms with Gasteiger partial charge in [0.1, 0.15) is 0 Å². The summed E-state index contributed by atoms with van der Waals surface area (Å²) in [4.78, 5) is 0. The van der Waals surface area contributed by atoms with Crippen LogP contribution in [-0.2, 0) is 16.2 Å². The van der Waals surface area contributed by atoms with E-state index < -0.39 is 0 Å². The van der Waals surface area contributed by atoms with Crippen LogP contribution < -0.4 is 0 Å². The third kappa shape index (κ3) is 1.94. The topological polar surface area (TPSA) is 20.2 Å². The van der Waals surface area contributed by atoms with Crippen molar-refractivity contribution in [3.8, 4) is 0 Å². The van der Waals surface area contributed by atoms with Crippen molar-refractivity contribution in [1.82, 2.24) is 0 Å². The highest BCUT2D eigenvalue weighted by atomic mass is 16.3. The van der Waals surface area contributed by atoms with Crippen LogP contribution in [0.4, 0.5) is 0 Å². The first-order chi connectivity index (χ1) is 9.21. The van der Waals surface area contributed by atoms with E-state index in [4.69, 9.17) is 0 Å². The first kappa shape index (κ1) is 14.1. The van der Waals surface area contributed by atoms with Crippen LogP contribution in [0.5, 0.6) is 0 Å². The van der Waals surface area contributed by atoms with E-state index in [9.17, 15) is 5.11 Å². The highest BCUT2D eigenvalue weighted by Crippen LogP contribution is 2.55. The smallest absolute Gasteiger partial charge is 0.0468 e. The summed E-state index contributed by atoms with van der Waals surface area (Å²) in [6.45, 7) is 12.1. The van der Waals surface area contributed by atoms with Gasteiger partial charge in [0.05, 0.1) is 0 Å². The van der Waals surface area contributed by atoms with Gasteiger partial charge < -0.3 is 5.11 Å². The fourth-order valence-electron chi connectivity index (χ4n) is 4.02. The van der Waals surface area contributed by atoms with Crippen molar-refractivity contribution >= 4 is 0 Å². The molecule has 2 aliphatic carbocycles. The monoisotopic (exact) mass is 272 g/mol. The summed E-state index contributed by atoms with van der Waals surface area (Å²) in [5, 5.41) is 9.43. The molecule has 3 rings (SSSR count). The minimum Gasteiger partial charge on any atom is -0.396 e. The second-order valence-electron chi connectivity index (χ2n) is 8.53. The first-order valence-corrected chi connectivity index (χ1v) is 7.97. The zero-order chi connectivity index (χ0) is 14.8. The Bertz CT molecular complexity index is 541. The van der Waals surface area contributed by atoms with E-state index in [1.54, 1.807) is 0 Å². The molecule has 0 bridgehead atoms. The van der Waals surface area contributed by atoms with Crippen molar-refractivity contribution in [2.24, 2.45) is 5.92 Å². The number of fused-ring (bicyclic) bond motifs is 1. The SMILES string of the molecule is CC1(C)CCC(C)(C)c2cc(C3(C)CC3CO)ccc21. The van der Waals surface area contributed by atoms with Gasteiger partial charge in [0.2, 0.25) is 0 Å². The van der Waals surface area contributed by atoms with Gasteiger partial charge in [-0.15, -0.1) is 0 Å². The molecular weight excluding hydrogens is 244 g/mol. The molecule has 0 aliphatic heterocycles. The predicted octanol–water partition coefficient (Wildman–Crippen LogP) is 4.31. The molecular formula is C19H28O. The van der Waals surface area contributed by atoms with Gasteiger partial charge in [-0.2, -0.15) is 0 Å². The molecule has 1 saturated carbocycles. The van der Waals surface area contributed by atoms with E-state index in [0.29, 0.717) is 17.9 Å². The second kappa shape index (κ2) is 4.10. The summed E-state index contributed by atoms with van der Waals surface area (Å²) in [7, 11) is 0. The van der Waals surface area contributed by atoms with E-state index in [1.807, 2.05) is 0 Å². The minimum absolute atomic E-state index is 0.210. The molecule has 1 N–H and O–H groups in total. The average molecular weight is 272 g/mol. The van der Waals surface area contributed by atoms with Crippen LogP contribution in [0.25, 0.3) is 0 Å². The van der Waals surface area contributed by atoms with Crippen molar-refractivity contribution in [3.05, 3.63) is 34.9 Å². The van der Waals surface area contributed by atoms with Gasteiger partial charge in [0.15, 0.2) is 0 Å². The lowest BCUT2D eigenvalue weighted by molar-refractivity contribution is 0.265. The van der Waals surface area contributed by atoms with Gasteiger partial charge in [0.25, 0.3) is 0 Å². The summed E-state index contributed by atoms with van der Waals surface area (Å²) in [5.41, 5.74) is 5.28. The van der Waals surface area contributed by atoms with Crippen LogP contribution in [0.15, 0.2) is 18.2 Å². The molecule has 2 atom stereocenters. The predicted molar refractivity (Wildman–Crippen MR) is 84.3 cm³/mol. The van der Waals surface area contributed by atoms with Crippen LogP contribution in [0.2, 0.25) is 0 Å². The van der Waals surface area contributed by atoms with Gasteiger partial charge >= 0.3 is 0 Å². The molecule has 1 fully saturated rings. The van der Waals surface area contributed by atoms with Crippen molar-refractivity contribution in [3.63, 3.8) is 0 Å². The minimum atomic E-state index is 0.210. The van der Waals surface area contributed by atoms with E-state index >= 15 is 0 Å². The summed E-state index contributed by atoms with van der Waals surface area (Å²) in [6, 6.07) is 7.13. The maximum absolute atomic E-state index is 9.43. The largest absolute Gasteiger partial charge is 0.396 e. The van der Waals surface area contributed by atoms with Gasteiger partial charge in [-0.25, -0.2) is 0 Å². The highest BCUT2D eigenvalue weighted by Gasteiger charge is 2.51. The molecule has 2 aliphatic rings. The van der Waals surface area contributed by atoms with Crippen LogP contribution in [0.1, 0.15) is 70.6 Å². The number of hydrogen-bond donors (Lipinski definition) is 1. The first-order valence-electron chi connectivity index (χ1n) is 7.97. The molecule has 110 valence electrons. The molecule has 0 heterocycles. The van der Waals surface area contributed by atoms with Crippen LogP contribution in [0.3, 0.4) is 0 Å². The fraction of sp³-hybridized carbons (Fsp3) is 0.684. The van der Waals surface area contributed by atoms with E-state index in [-0.39, 0.29) is 10.8 Å². The number of aliphatic hydroxyl groups is 1. The molecule has 0 amide bonds. The van der Waals surface area contributed by atoms with Gasteiger partial charge in [-0.05, 0) is 58.1 Å². The summed E-state index contributed by atoms with van der Waals surface area (Å²) in [6.07, 6.45) is 3.66. The zero-order valence-corrected chi connectivity index (χ0v) is 13.6. The molecule has 0 radical (unpaired) electrons. The Kier molecular flexibility index (Phi) is 2.90. The van der Waals surface area contributed by atoms with Gasteiger partial charge in [-0.1, -0.05) is 52.8 Å². The number of hydrogen-bond acceptors (Lipinski definition) is 1. The third-order valence-electron chi connectivity index (χ3n) is 6.14. The zero-order valence-electron chi connectivity index (χ0n) is 13.6. The Morgan fingerprint density at radius 2 is 1.60 bits per heavy atom. The lowest BCUT2D eigenvalue weighted by Crippen LogP contribution is -2.34. The van der Waals surface area contributed by atoms with Gasteiger partial charge in [-0.3, -0.25) is 0 Å². The second-order valence-corrected chi connectivity index (χ2v) is 8.53. The molecule has 20 heavy (non-hydrogen) atoms. The van der Waals surface area contributed by atoms with Crippen molar-refractivity contribution in [2.45, 2.75) is 70.1 Å². The summed E-state index contributed by atoms with van der Waals surface area (Å²) >= 11 is 0. The standard InChI is InChI=1S/C19H28O/c1-17(2)8-9-18(3,4)16-10-13(6-7-15(16)17)19(5)11-14(19)12-20/h6-7,10,14,20H,8-9,11-12H2,1-5H3. The number of aliphatic hydroxyl groups excluding tert-OH is 1. The van der Waals surface area contributed by atoms with Crippen LogP contribution >= 0.6 is 0 Å². The molecule has 1 heteroatoms. The Morgan fingerprint density at radius 3 is 2.15 bits per heavy atom. The molecule has 0 spiro atoms. The van der Waals surface area contributed by atoms with Crippen molar-refractivity contribution in [1.29, 1.82) is 0 Å². The molecule has 0 saturated heterocycles. The third-order valence-corrected chi connectivity index (χ3v) is 6.14. The molecule has 1 aromatic carbocycles. The van der Waals surface area contributed by atoms with Gasteiger partial charge in [0, 0.05) is 6.61 Å². The average Bonchev–Trinajstić information content (AvgIpc) is 3.08. The normalized spacial score (nSPS) is 33.6. The lowest BCUT2D eigenvalue weighted by Gasteiger charge is -2.42.